The number of rotatable bonds is 7. The van der Waals surface area contributed by atoms with E-state index in [-0.39, 0.29) is 0 Å². The molecule has 0 amide bonds. The minimum Gasteiger partial charge on any atom is -0.393 e. The molecule has 1 aromatic heterocycles. The van der Waals surface area contributed by atoms with Gasteiger partial charge in [0, 0.05) is 25.7 Å². The van der Waals surface area contributed by atoms with Crippen molar-refractivity contribution in [3.8, 4) is 0 Å². The van der Waals surface area contributed by atoms with E-state index in [2.05, 4.69) is 25.5 Å². The van der Waals surface area contributed by atoms with Gasteiger partial charge in [-0.25, -0.2) is 9.97 Å². The van der Waals surface area contributed by atoms with E-state index in [0.717, 1.165) is 57.4 Å². The van der Waals surface area contributed by atoms with Gasteiger partial charge in [-0.05, 0) is 25.8 Å². The first-order valence-electron chi connectivity index (χ1n) is 8.74. The number of ether oxygens (including phenoxy) is 1. The highest BCUT2D eigenvalue weighted by Gasteiger charge is 2.17. The summed E-state index contributed by atoms with van der Waals surface area (Å²) in [7, 11) is 0. The number of anilines is 3. The van der Waals surface area contributed by atoms with Crippen molar-refractivity contribution in [2.75, 3.05) is 55.8 Å². The van der Waals surface area contributed by atoms with E-state index in [4.69, 9.17) is 10.5 Å². The molecule has 1 saturated carbocycles. The number of nitrogens with two attached hydrogens (primary N) is 1. The highest BCUT2D eigenvalue weighted by molar-refractivity contribution is 5.74. The topological polar surface area (TPSA) is 88.3 Å². The number of morpholine rings is 1. The number of nitrogen functional groups attached to an aromatic ring is 1. The Labute approximate surface area is 138 Å². The molecular formula is C16H28N6O. The van der Waals surface area contributed by atoms with E-state index in [1.807, 2.05) is 0 Å². The molecule has 0 bridgehead atoms. The van der Waals surface area contributed by atoms with Gasteiger partial charge in [0.2, 0.25) is 0 Å². The maximum absolute atomic E-state index is 6.21. The van der Waals surface area contributed by atoms with Gasteiger partial charge in [-0.2, -0.15) is 0 Å². The fraction of sp³-hybridized carbons (Fsp3) is 0.750. The molecule has 2 heterocycles. The van der Waals surface area contributed by atoms with Crippen LogP contribution in [0.4, 0.5) is 17.3 Å². The van der Waals surface area contributed by atoms with Crippen molar-refractivity contribution >= 4 is 17.3 Å². The van der Waals surface area contributed by atoms with Crippen molar-refractivity contribution in [3.63, 3.8) is 0 Å². The average Bonchev–Trinajstić information content (AvgIpc) is 3.09. The second-order valence-corrected chi connectivity index (χ2v) is 6.34. The van der Waals surface area contributed by atoms with Crippen molar-refractivity contribution in [1.29, 1.82) is 0 Å². The molecule has 0 unspecified atom stereocenters. The van der Waals surface area contributed by atoms with E-state index < -0.39 is 0 Å². The molecule has 4 N–H and O–H groups in total. The second-order valence-electron chi connectivity index (χ2n) is 6.34. The molecule has 1 saturated heterocycles. The Bertz CT molecular complexity index is 485. The van der Waals surface area contributed by atoms with Crippen molar-refractivity contribution in [2.24, 2.45) is 0 Å². The SMILES string of the molecule is Nc1c(NCCCN2CCOCC2)ncnc1NC1CCCC1. The summed E-state index contributed by atoms with van der Waals surface area (Å²) in [4.78, 5) is 11.0. The molecule has 0 aromatic carbocycles. The van der Waals surface area contributed by atoms with Crippen LogP contribution in [0.1, 0.15) is 32.1 Å². The monoisotopic (exact) mass is 320 g/mol. The molecule has 0 radical (unpaired) electrons. The third-order valence-corrected chi connectivity index (χ3v) is 4.63. The molecule has 1 aliphatic carbocycles. The van der Waals surface area contributed by atoms with Crippen LogP contribution in [0.15, 0.2) is 6.33 Å². The summed E-state index contributed by atoms with van der Waals surface area (Å²) in [6.07, 6.45) is 7.62. The Morgan fingerprint density at radius 3 is 2.70 bits per heavy atom. The third-order valence-electron chi connectivity index (χ3n) is 4.63. The van der Waals surface area contributed by atoms with Gasteiger partial charge >= 0.3 is 0 Å². The molecule has 1 aromatic rings. The fourth-order valence-corrected chi connectivity index (χ4v) is 3.25. The van der Waals surface area contributed by atoms with E-state index in [1.165, 1.54) is 25.7 Å². The van der Waals surface area contributed by atoms with Crippen LogP contribution in [0.25, 0.3) is 0 Å². The lowest BCUT2D eigenvalue weighted by molar-refractivity contribution is 0.0378. The first-order chi connectivity index (χ1) is 11.3. The molecule has 2 aliphatic rings. The number of nitrogens with zero attached hydrogens (tertiary/aromatic N) is 3. The smallest absolute Gasteiger partial charge is 0.155 e. The Hall–Kier alpha value is -1.60. The van der Waals surface area contributed by atoms with Crippen molar-refractivity contribution in [2.45, 2.75) is 38.1 Å². The molecular weight excluding hydrogens is 292 g/mol. The first kappa shape index (κ1) is 16.3. The van der Waals surface area contributed by atoms with Gasteiger partial charge in [0.05, 0.1) is 13.2 Å². The molecule has 7 heteroatoms. The van der Waals surface area contributed by atoms with E-state index in [0.29, 0.717) is 11.7 Å². The Morgan fingerprint density at radius 1 is 1.17 bits per heavy atom. The van der Waals surface area contributed by atoms with Crippen LogP contribution in [-0.2, 0) is 4.74 Å². The quantitative estimate of drug-likeness (QED) is 0.657. The number of nitrogens with one attached hydrogen (secondary N) is 2. The lowest BCUT2D eigenvalue weighted by Crippen LogP contribution is -2.37. The maximum Gasteiger partial charge on any atom is 0.155 e. The number of hydrogen-bond donors (Lipinski definition) is 3. The summed E-state index contributed by atoms with van der Waals surface area (Å²) in [6.45, 7) is 5.71. The van der Waals surface area contributed by atoms with Crippen molar-refractivity contribution in [3.05, 3.63) is 6.33 Å². The van der Waals surface area contributed by atoms with Crippen LogP contribution < -0.4 is 16.4 Å². The van der Waals surface area contributed by atoms with Crippen LogP contribution in [0.2, 0.25) is 0 Å². The molecule has 1 aliphatic heterocycles. The first-order valence-corrected chi connectivity index (χ1v) is 8.74. The largest absolute Gasteiger partial charge is 0.393 e. The Morgan fingerprint density at radius 2 is 1.91 bits per heavy atom. The summed E-state index contributed by atoms with van der Waals surface area (Å²) in [6, 6.07) is 0.501. The fourth-order valence-electron chi connectivity index (χ4n) is 3.25. The third kappa shape index (κ3) is 4.68. The normalized spacial score (nSPS) is 19.8. The number of hydrogen-bond acceptors (Lipinski definition) is 7. The summed E-state index contributed by atoms with van der Waals surface area (Å²) in [5, 5.41) is 6.80. The minimum atomic E-state index is 0.501. The molecule has 23 heavy (non-hydrogen) atoms. The molecule has 0 spiro atoms. The summed E-state index contributed by atoms with van der Waals surface area (Å²) >= 11 is 0. The average molecular weight is 320 g/mol. The van der Waals surface area contributed by atoms with Crippen molar-refractivity contribution < 1.29 is 4.74 Å². The van der Waals surface area contributed by atoms with E-state index >= 15 is 0 Å². The molecule has 2 fully saturated rings. The summed E-state index contributed by atoms with van der Waals surface area (Å²) in [5.74, 6) is 1.50. The van der Waals surface area contributed by atoms with Gasteiger partial charge < -0.3 is 21.1 Å². The predicted octanol–water partition coefficient (Wildman–Crippen LogP) is 1.55. The molecule has 0 atom stereocenters. The van der Waals surface area contributed by atoms with E-state index in [9.17, 15) is 0 Å². The summed E-state index contributed by atoms with van der Waals surface area (Å²) < 4.78 is 5.36. The maximum atomic E-state index is 6.21. The van der Waals surface area contributed by atoms with E-state index in [1.54, 1.807) is 6.33 Å². The Balaban J connectivity index is 1.45. The minimum absolute atomic E-state index is 0.501. The summed E-state index contributed by atoms with van der Waals surface area (Å²) in [5.41, 5.74) is 6.84. The van der Waals surface area contributed by atoms with Crippen LogP contribution in [0.3, 0.4) is 0 Å². The Kier molecular flexibility index (Phi) is 5.87. The standard InChI is InChI=1S/C16H28N6O/c17-14-15(18-6-3-7-22-8-10-23-11-9-22)19-12-20-16(14)21-13-4-1-2-5-13/h12-13H,1-11,17H2,(H2,18,19,20,21). The van der Waals surface area contributed by atoms with Gasteiger partial charge in [-0.1, -0.05) is 12.8 Å². The molecule has 128 valence electrons. The predicted molar refractivity (Wildman–Crippen MR) is 92.7 cm³/mol. The van der Waals surface area contributed by atoms with Crippen LogP contribution in [-0.4, -0.2) is 60.3 Å². The molecule has 7 nitrogen and oxygen atoms in total. The zero-order valence-corrected chi connectivity index (χ0v) is 13.8. The highest BCUT2D eigenvalue weighted by Crippen LogP contribution is 2.27. The van der Waals surface area contributed by atoms with Gasteiger partial charge in [0.15, 0.2) is 11.6 Å². The lowest BCUT2D eigenvalue weighted by Gasteiger charge is -2.26. The number of aromatic nitrogens is 2. The lowest BCUT2D eigenvalue weighted by atomic mass is 10.2. The molecule has 3 rings (SSSR count). The second kappa shape index (κ2) is 8.31. The van der Waals surface area contributed by atoms with Gasteiger partial charge in [0.1, 0.15) is 12.0 Å². The van der Waals surface area contributed by atoms with Crippen molar-refractivity contribution in [1.82, 2.24) is 14.9 Å². The van der Waals surface area contributed by atoms with Gasteiger partial charge in [-0.15, -0.1) is 0 Å². The van der Waals surface area contributed by atoms with Crippen LogP contribution >= 0.6 is 0 Å². The highest BCUT2D eigenvalue weighted by atomic mass is 16.5. The van der Waals surface area contributed by atoms with Gasteiger partial charge in [0.25, 0.3) is 0 Å². The van der Waals surface area contributed by atoms with Crippen LogP contribution in [0, 0.1) is 0 Å². The zero-order chi connectivity index (χ0) is 15.9. The zero-order valence-electron chi connectivity index (χ0n) is 13.8. The van der Waals surface area contributed by atoms with Crippen LogP contribution in [0.5, 0.6) is 0 Å². The van der Waals surface area contributed by atoms with Gasteiger partial charge in [-0.3, -0.25) is 4.90 Å².